The lowest BCUT2D eigenvalue weighted by molar-refractivity contribution is -0.116. The van der Waals surface area contributed by atoms with Crippen LogP contribution in [0.1, 0.15) is 11.1 Å². The van der Waals surface area contributed by atoms with Gasteiger partial charge in [0.25, 0.3) is 0 Å². The number of nitrogens with zero attached hydrogens (tertiary/aromatic N) is 1. The number of carbonyl (C=O) groups is 1. The Balaban J connectivity index is 1.82. The van der Waals surface area contributed by atoms with Crippen LogP contribution in [0, 0.1) is 6.92 Å². The Morgan fingerprint density at radius 2 is 1.57 bits per heavy atom. The van der Waals surface area contributed by atoms with E-state index in [0.717, 1.165) is 11.1 Å². The highest BCUT2D eigenvalue weighted by Crippen LogP contribution is 2.20. The molecule has 0 saturated carbocycles. The summed E-state index contributed by atoms with van der Waals surface area (Å²) in [7, 11) is -3.87. The molecule has 30 heavy (non-hydrogen) atoms. The number of carbonyl (C=O) groups excluding carboxylic acids is 1. The minimum absolute atomic E-state index is 0.101. The molecule has 0 aromatic heterocycles. The van der Waals surface area contributed by atoms with Crippen LogP contribution in [-0.2, 0) is 21.2 Å². The Bertz CT molecular complexity index is 1100. The standard InChI is InChI=1S/C23H23ClN2O3S/c1-18-7-5-6-10-22(18)25-23(27)17-26(16-15-19-8-3-2-4-9-19)30(28,29)21-13-11-20(24)12-14-21/h2-14H,15-17H2,1H3,(H,25,27). The van der Waals surface area contributed by atoms with E-state index < -0.39 is 15.9 Å². The summed E-state index contributed by atoms with van der Waals surface area (Å²) >= 11 is 5.90. The molecular formula is C23H23ClN2O3S. The van der Waals surface area contributed by atoms with Crippen molar-refractivity contribution in [3.05, 3.63) is 95.0 Å². The maximum absolute atomic E-state index is 13.2. The van der Waals surface area contributed by atoms with Crippen LogP contribution < -0.4 is 5.32 Å². The van der Waals surface area contributed by atoms with Gasteiger partial charge in [-0.1, -0.05) is 60.1 Å². The average molecular weight is 443 g/mol. The van der Waals surface area contributed by atoms with Crippen molar-refractivity contribution in [3.8, 4) is 0 Å². The number of anilines is 1. The Kier molecular flexibility index (Phi) is 7.26. The normalized spacial score (nSPS) is 11.4. The average Bonchev–Trinajstić information content (AvgIpc) is 2.74. The third-order valence-electron chi connectivity index (χ3n) is 4.68. The zero-order valence-electron chi connectivity index (χ0n) is 16.6. The summed E-state index contributed by atoms with van der Waals surface area (Å²) in [5.41, 5.74) is 2.56. The number of halogens is 1. The number of hydrogen-bond donors (Lipinski definition) is 1. The fourth-order valence-electron chi connectivity index (χ4n) is 3.00. The molecule has 1 N–H and O–H groups in total. The molecule has 0 atom stereocenters. The Morgan fingerprint density at radius 1 is 0.933 bits per heavy atom. The van der Waals surface area contributed by atoms with Gasteiger partial charge in [0.2, 0.25) is 15.9 Å². The smallest absolute Gasteiger partial charge is 0.243 e. The second-order valence-corrected chi connectivity index (χ2v) is 9.27. The van der Waals surface area contributed by atoms with Crippen molar-refractivity contribution in [2.75, 3.05) is 18.4 Å². The van der Waals surface area contributed by atoms with Crippen molar-refractivity contribution in [1.82, 2.24) is 4.31 Å². The molecule has 0 radical (unpaired) electrons. The number of hydrogen-bond acceptors (Lipinski definition) is 3. The summed E-state index contributed by atoms with van der Waals surface area (Å²) in [6.07, 6.45) is 0.491. The molecule has 5 nitrogen and oxygen atoms in total. The van der Waals surface area contributed by atoms with Gasteiger partial charge in [0.1, 0.15) is 0 Å². The van der Waals surface area contributed by atoms with Gasteiger partial charge >= 0.3 is 0 Å². The second kappa shape index (κ2) is 9.89. The van der Waals surface area contributed by atoms with Gasteiger partial charge in [-0.25, -0.2) is 8.42 Å². The van der Waals surface area contributed by atoms with E-state index in [9.17, 15) is 13.2 Å². The van der Waals surface area contributed by atoms with Gasteiger partial charge in [-0.15, -0.1) is 0 Å². The van der Waals surface area contributed by atoms with Crippen molar-refractivity contribution in [2.45, 2.75) is 18.2 Å². The van der Waals surface area contributed by atoms with Crippen LogP contribution in [-0.4, -0.2) is 31.7 Å². The summed E-state index contributed by atoms with van der Waals surface area (Å²) in [5.74, 6) is -0.394. The first kappa shape index (κ1) is 22.0. The molecule has 0 fully saturated rings. The number of sulfonamides is 1. The number of aryl methyl sites for hydroxylation is 1. The fourth-order valence-corrected chi connectivity index (χ4v) is 4.52. The van der Waals surface area contributed by atoms with Crippen molar-refractivity contribution >= 4 is 33.2 Å². The summed E-state index contributed by atoms with van der Waals surface area (Å²) in [5, 5.41) is 3.25. The molecule has 3 aromatic rings. The van der Waals surface area contributed by atoms with Crippen LogP contribution in [0.4, 0.5) is 5.69 Å². The predicted octanol–water partition coefficient (Wildman–Crippen LogP) is 4.52. The van der Waals surface area contributed by atoms with Gasteiger partial charge in [0, 0.05) is 17.3 Å². The van der Waals surface area contributed by atoms with E-state index in [1.165, 1.54) is 28.6 Å². The molecular weight excluding hydrogens is 420 g/mol. The molecule has 7 heteroatoms. The van der Waals surface area contributed by atoms with Crippen LogP contribution in [0.25, 0.3) is 0 Å². The first-order valence-electron chi connectivity index (χ1n) is 9.51. The van der Waals surface area contributed by atoms with Crippen LogP contribution in [0.2, 0.25) is 5.02 Å². The van der Waals surface area contributed by atoms with Crippen molar-refractivity contribution in [3.63, 3.8) is 0 Å². The van der Waals surface area contributed by atoms with Crippen LogP contribution in [0.3, 0.4) is 0 Å². The first-order chi connectivity index (χ1) is 14.4. The fraction of sp³-hybridized carbons (Fsp3) is 0.174. The minimum atomic E-state index is -3.87. The molecule has 0 spiro atoms. The number of nitrogens with one attached hydrogen (secondary N) is 1. The molecule has 1 amide bonds. The van der Waals surface area contributed by atoms with Gasteiger partial charge in [0.15, 0.2) is 0 Å². The topological polar surface area (TPSA) is 66.5 Å². The molecule has 3 aromatic carbocycles. The van der Waals surface area contributed by atoms with E-state index in [-0.39, 0.29) is 18.0 Å². The molecule has 0 saturated heterocycles. The zero-order chi connectivity index (χ0) is 21.6. The van der Waals surface area contributed by atoms with Crippen molar-refractivity contribution in [2.24, 2.45) is 0 Å². The maximum atomic E-state index is 13.2. The van der Waals surface area contributed by atoms with E-state index in [4.69, 9.17) is 11.6 Å². The summed E-state index contributed by atoms with van der Waals surface area (Å²) < 4.78 is 27.7. The molecule has 0 aliphatic heterocycles. The van der Waals surface area contributed by atoms with Gasteiger partial charge in [0.05, 0.1) is 11.4 Å². The molecule has 156 valence electrons. The number of para-hydroxylation sites is 1. The van der Waals surface area contributed by atoms with Gasteiger partial charge < -0.3 is 5.32 Å². The van der Waals surface area contributed by atoms with Gasteiger partial charge in [-0.2, -0.15) is 4.31 Å². The molecule has 0 aliphatic rings. The summed E-state index contributed by atoms with van der Waals surface area (Å²) in [4.78, 5) is 12.8. The van der Waals surface area contributed by atoms with E-state index in [1.807, 2.05) is 55.5 Å². The molecule has 3 rings (SSSR count). The highest BCUT2D eigenvalue weighted by Gasteiger charge is 2.26. The number of amides is 1. The quantitative estimate of drug-likeness (QED) is 0.557. The third-order valence-corrected chi connectivity index (χ3v) is 6.79. The predicted molar refractivity (Wildman–Crippen MR) is 120 cm³/mol. The lowest BCUT2D eigenvalue weighted by atomic mass is 10.1. The zero-order valence-corrected chi connectivity index (χ0v) is 18.2. The molecule has 0 bridgehead atoms. The minimum Gasteiger partial charge on any atom is -0.325 e. The van der Waals surface area contributed by atoms with Crippen LogP contribution >= 0.6 is 11.6 Å². The Morgan fingerprint density at radius 3 is 2.23 bits per heavy atom. The van der Waals surface area contributed by atoms with E-state index in [2.05, 4.69) is 5.32 Å². The van der Waals surface area contributed by atoms with E-state index in [1.54, 1.807) is 6.07 Å². The monoisotopic (exact) mass is 442 g/mol. The molecule has 0 unspecified atom stereocenters. The third kappa shape index (κ3) is 5.69. The van der Waals surface area contributed by atoms with E-state index >= 15 is 0 Å². The highest BCUT2D eigenvalue weighted by molar-refractivity contribution is 7.89. The lowest BCUT2D eigenvalue weighted by Crippen LogP contribution is -2.39. The van der Waals surface area contributed by atoms with Crippen LogP contribution in [0.15, 0.2) is 83.8 Å². The van der Waals surface area contributed by atoms with Crippen molar-refractivity contribution in [1.29, 1.82) is 0 Å². The van der Waals surface area contributed by atoms with E-state index in [0.29, 0.717) is 17.1 Å². The molecule has 0 heterocycles. The van der Waals surface area contributed by atoms with Crippen molar-refractivity contribution < 1.29 is 13.2 Å². The SMILES string of the molecule is Cc1ccccc1NC(=O)CN(CCc1ccccc1)S(=O)(=O)c1ccc(Cl)cc1. The van der Waals surface area contributed by atoms with Gasteiger partial charge in [-0.05, 0) is 54.8 Å². The number of rotatable bonds is 8. The Hall–Kier alpha value is -2.67. The van der Waals surface area contributed by atoms with Gasteiger partial charge in [-0.3, -0.25) is 4.79 Å². The second-order valence-electron chi connectivity index (χ2n) is 6.89. The largest absolute Gasteiger partial charge is 0.325 e. The Labute approximate surface area is 182 Å². The summed E-state index contributed by atoms with van der Waals surface area (Å²) in [6, 6.07) is 22.9. The maximum Gasteiger partial charge on any atom is 0.243 e. The highest BCUT2D eigenvalue weighted by atomic mass is 35.5. The molecule has 0 aliphatic carbocycles. The lowest BCUT2D eigenvalue weighted by Gasteiger charge is -2.22. The summed E-state index contributed by atoms with van der Waals surface area (Å²) in [6.45, 7) is 1.77. The first-order valence-corrected chi connectivity index (χ1v) is 11.3. The van der Waals surface area contributed by atoms with Crippen LogP contribution in [0.5, 0.6) is 0 Å². The number of benzene rings is 3.